The average molecular weight is 336 g/mol. The Bertz CT molecular complexity index is 585. The summed E-state index contributed by atoms with van der Waals surface area (Å²) in [6.45, 7) is 6.52. The molecule has 0 amide bonds. The molecular formula is C16H18BrNS. The molecule has 2 N–H and O–H groups in total. The lowest BCUT2D eigenvalue weighted by Crippen LogP contribution is -1.93. The second kappa shape index (κ2) is 6.02. The smallest absolute Gasteiger partial charge is 0.0331 e. The van der Waals surface area contributed by atoms with E-state index in [4.69, 9.17) is 5.73 Å². The predicted molar refractivity (Wildman–Crippen MR) is 88.8 cm³/mol. The lowest BCUT2D eigenvalue weighted by molar-refractivity contribution is 1.21. The molecule has 2 rings (SSSR count). The van der Waals surface area contributed by atoms with Crippen LogP contribution in [0.5, 0.6) is 0 Å². The van der Waals surface area contributed by atoms with Crippen LogP contribution in [0, 0.1) is 20.8 Å². The van der Waals surface area contributed by atoms with Crippen molar-refractivity contribution in [3.63, 3.8) is 0 Å². The Kier molecular flexibility index (Phi) is 4.58. The highest BCUT2D eigenvalue weighted by molar-refractivity contribution is 9.10. The zero-order chi connectivity index (χ0) is 14.0. The predicted octanol–water partition coefficient (Wildman–Crippen LogP) is 5.25. The summed E-state index contributed by atoms with van der Waals surface area (Å²) in [5.74, 6) is 0.987. The zero-order valence-corrected chi connectivity index (χ0v) is 13.9. The third-order valence-electron chi connectivity index (χ3n) is 3.17. The molecule has 3 heteroatoms. The summed E-state index contributed by atoms with van der Waals surface area (Å²) >= 11 is 5.41. The Labute approximate surface area is 127 Å². The van der Waals surface area contributed by atoms with Crippen LogP contribution in [0.25, 0.3) is 0 Å². The van der Waals surface area contributed by atoms with Gasteiger partial charge in [-0.2, -0.15) is 0 Å². The SMILES string of the molecule is Cc1cc(C)c(CSc2ccc(N)cc2Br)c(C)c1. The Balaban J connectivity index is 2.19. The maximum Gasteiger partial charge on any atom is 0.0331 e. The first-order valence-electron chi connectivity index (χ1n) is 6.22. The van der Waals surface area contributed by atoms with Crippen molar-refractivity contribution < 1.29 is 0 Å². The molecule has 0 atom stereocenters. The topological polar surface area (TPSA) is 26.0 Å². The van der Waals surface area contributed by atoms with E-state index < -0.39 is 0 Å². The van der Waals surface area contributed by atoms with Crippen LogP contribution in [-0.4, -0.2) is 0 Å². The maximum absolute atomic E-state index is 5.76. The molecule has 19 heavy (non-hydrogen) atoms. The fourth-order valence-electron chi connectivity index (χ4n) is 2.22. The minimum absolute atomic E-state index is 0.791. The summed E-state index contributed by atoms with van der Waals surface area (Å²) in [4.78, 5) is 1.23. The Hall–Kier alpha value is -0.930. The van der Waals surface area contributed by atoms with Gasteiger partial charge in [0.25, 0.3) is 0 Å². The van der Waals surface area contributed by atoms with E-state index in [2.05, 4.69) is 54.9 Å². The van der Waals surface area contributed by atoms with Crippen molar-refractivity contribution in [3.8, 4) is 0 Å². The molecule has 0 saturated carbocycles. The molecule has 0 aliphatic carbocycles. The number of hydrogen-bond acceptors (Lipinski definition) is 2. The molecule has 0 aliphatic heterocycles. The lowest BCUT2D eigenvalue weighted by Gasteiger charge is -2.12. The van der Waals surface area contributed by atoms with Crippen molar-refractivity contribution in [3.05, 3.63) is 57.1 Å². The van der Waals surface area contributed by atoms with Crippen LogP contribution in [0.2, 0.25) is 0 Å². The maximum atomic E-state index is 5.76. The number of nitrogen functional groups attached to an aromatic ring is 1. The molecule has 0 saturated heterocycles. The van der Waals surface area contributed by atoms with Crippen LogP contribution in [0.1, 0.15) is 22.3 Å². The van der Waals surface area contributed by atoms with E-state index in [1.165, 1.54) is 27.1 Å². The highest BCUT2D eigenvalue weighted by Crippen LogP contribution is 2.33. The number of nitrogens with two attached hydrogens (primary N) is 1. The molecular weight excluding hydrogens is 318 g/mol. The van der Waals surface area contributed by atoms with Gasteiger partial charge in [0.1, 0.15) is 0 Å². The second-order valence-corrected chi connectivity index (χ2v) is 6.73. The molecule has 0 spiro atoms. The average Bonchev–Trinajstić information content (AvgIpc) is 2.30. The van der Waals surface area contributed by atoms with Gasteiger partial charge in [0.2, 0.25) is 0 Å². The molecule has 0 heterocycles. The first-order valence-corrected chi connectivity index (χ1v) is 8.00. The van der Waals surface area contributed by atoms with Gasteiger partial charge < -0.3 is 5.73 Å². The van der Waals surface area contributed by atoms with Gasteiger partial charge >= 0.3 is 0 Å². The molecule has 0 aliphatic rings. The van der Waals surface area contributed by atoms with Crippen molar-refractivity contribution in [1.82, 2.24) is 0 Å². The van der Waals surface area contributed by atoms with Crippen LogP contribution in [0.3, 0.4) is 0 Å². The summed E-state index contributed by atoms with van der Waals surface area (Å²) in [7, 11) is 0. The molecule has 0 fully saturated rings. The van der Waals surface area contributed by atoms with Crippen molar-refractivity contribution in [2.45, 2.75) is 31.4 Å². The van der Waals surface area contributed by atoms with Crippen LogP contribution in [0.15, 0.2) is 39.7 Å². The minimum atomic E-state index is 0.791. The zero-order valence-electron chi connectivity index (χ0n) is 11.5. The first kappa shape index (κ1) is 14.5. The number of hydrogen-bond donors (Lipinski definition) is 1. The van der Waals surface area contributed by atoms with Crippen molar-refractivity contribution in [1.29, 1.82) is 0 Å². The summed E-state index contributed by atoms with van der Waals surface area (Å²) < 4.78 is 1.07. The highest BCUT2D eigenvalue weighted by atomic mass is 79.9. The van der Waals surface area contributed by atoms with Crippen LogP contribution < -0.4 is 5.73 Å². The highest BCUT2D eigenvalue weighted by Gasteiger charge is 2.07. The van der Waals surface area contributed by atoms with Gasteiger partial charge in [0, 0.05) is 20.8 Å². The normalized spacial score (nSPS) is 10.7. The number of anilines is 1. The van der Waals surface area contributed by atoms with Gasteiger partial charge in [-0.05, 0) is 71.6 Å². The van der Waals surface area contributed by atoms with Gasteiger partial charge in [0.15, 0.2) is 0 Å². The van der Waals surface area contributed by atoms with Gasteiger partial charge in [-0.25, -0.2) is 0 Å². The molecule has 2 aromatic rings. The van der Waals surface area contributed by atoms with E-state index in [1.807, 2.05) is 23.9 Å². The van der Waals surface area contributed by atoms with Gasteiger partial charge in [0.05, 0.1) is 0 Å². The quantitative estimate of drug-likeness (QED) is 0.612. The van der Waals surface area contributed by atoms with E-state index in [-0.39, 0.29) is 0 Å². The van der Waals surface area contributed by atoms with E-state index in [0.29, 0.717) is 0 Å². The molecule has 0 radical (unpaired) electrons. The monoisotopic (exact) mass is 335 g/mol. The lowest BCUT2D eigenvalue weighted by atomic mass is 10.0. The van der Waals surface area contributed by atoms with E-state index in [0.717, 1.165) is 15.9 Å². The van der Waals surface area contributed by atoms with Crippen molar-refractivity contribution in [2.24, 2.45) is 0 Å². The van der Waals surface area contributed by atoms with E-state index in [1.54, 1.807) is 0 Å². The summed E-state index contributed by atoms with van der Waals surface area (Å²) in [5.41, 5.74) is 12.1. The van der Waals surface area contributed by atoms with Crippen molar-refractivity contribution >= 4 is 33.4 Å². The molecule has 0 aromatic heterocycles. The Morgan fingerprint density at radius 2 is 1.68 bits per heavy atom. The number of rotatable bonds is 3. The standard InChI is InChI=1S/C16H18BrNS/c1-10-6-11(2)14(12(3)7-10)9-19-16-5-4-13(18)8-15(16)17/h4-8H,9,18H2,1-3H3. The van der Waals surface area contributed by atoms with E-state index >= 15 is 0 Å². The molecule has 2 aromatic carbocycles. The Morgan fingerprint density at radius 3 is 2.26 bits per heavy atom. The van der Waals surface area contributed by atoms with Gasteiger partial charge in [-0.1, -0.05) is 17.7 Å². The van der Waals surface area contributed by atoms with Crippen LogP contribution in [-0.2, 0) is 5.75 Å². The third kappa shape index (κ3) is 3.54. The number of benzene rings is 2. The van der Waals surface area contributed by atoms with Gasteiger partial charge in [-0.15, -0.1) is 11.8 Å². The first-order chi connectivity index (χ1) is 8.97. The summed E-state index contributed by atoms with van der Waals surface area (Å²) in [6, 6.07) is 10.5. The van der Waals surface area contributed by atoms with Crippen LogP contribution >= 0.6 is 27.7 Å². The van der Waals surface area contributed by atoms with E-state index in [9.17, 15) is 0 Å². The number of thioether (sulfide) groups is 1. The Morgan fingerprint density at radius 1 is 1.05 bits per heavy atom. The summed E-state index contributed by atoms with van der Waals surface area (Å²) in [6.07, 6.45) is 0. The van der Waals surface area contributed by atoms with Crippen LogP contribution in [0.4, 0.5) is 5.69 Å². The molecule has 100 valence electrons. The number of aryl methyl sites for hydroxylation is 3. The third-order valence-corrected chi connectivity index (χ3v) is 5.19. The minimum Gasteiger partial charge on any atom is -0.399 e. The van der Waals surface area contributed by atoms with Crippen molar-refractivity contribution in [2.75, 3.05) is 5.73 Å². The molecule has 1 nitrogen and oxygen atoms in total. The fourth-order valence-corrected chi connectivity index (χ4v) is 4.08. The number of halogens is 1. The summed E-state index contributed by atoms with van der Waals surface area (Å²) in [5, 5.41) is 0. The fraction of sp³-hybridized carbons (Fsp3) is 0.250. The molecule has 0 bridgehead atoms. The van der Waals surface area contributed by atoms with Gasteiger partial charge in [-0.3, -0.25) is 0 Å². The largest absolute Gasteiger partial charge is 0.399 e. The second-order valence-electron chi connectivity index (χ2n) is 4.86. The molecule has 0 unspecified atom stereocenters.